The van der Waals surface area contributed by atoms with Gasteiger partial charge >= 0.3 is 0 Å². The molecule has 2 nitrogen and oxygen atoms in total. The van der Waals surface area contributed by atoms with Crippen molar-refractivity contribution in [2.75, 3.05) is 26.8 Å². The van der Waals surface area contributed by atoms with Gasteiger partial charge in [0.05, 0.1) is 18.6 Å². The summed E-state index contributed by atoms with van der Waals surface area (Å²) in [5.74, 6) is 0. The third-order valence-electron chi connectivity index (χ3n) is 4.93. The number of halogens is 1. The summed E-state index contributed by atoms with van der Waals surface area (Å²) in [6.07, 6.45) is 3.89. The van der Waals surface area contributed by atoms with E-state index in [9.17, 15) is 0 Å². The molecule has 1 saturated heterocycles. The predicted molar refractivity (Wildman–Crippen MR) is 74.2 cm³/mol. The Morgan fingerprint density at radius 3 is 2.44 bits per heavy atom. The molecule has 0 bridgehead atoms. The summed E-state index contributed by atoms with van der Waals surface area (Å²) in [5, 5.41) is 4.27. The van der Waals surface area contributed by atoms with Gasteiger partial charge in [-0.15, -0.1) is 0 Å². The summed E-state index contributed by atoms with van der Waals surface area (Å²) in [7, 11) is 2.04. The molecular weight excluding hydrogens is 246 g/mol. The summed E-state index contributed by atoms with van der Waals surface area (Å²) >= 11 is 6.43. The first-order valence-electron chi connectivity index (χ1n) is 6.72. The minimum atomic E-state index is 0.132. The van der Waals surface area contributed by atoms with Crippen LogP contribution < -0.4 is 5.32 Å². The highest BCUT2D eigenvalue weighted by atomic mass is 35.5. The zero-order chi connectivity index (χ0) is 12.6. The maximum Gasteiger partial charge on any atom is 0.0592 e. The highest BCUT2D eigenvalue weighted by Gasteiger charge is 2.59. The molecule has 1 aliphatic carbocycles. The van der Waals surface area contributed by atoms with E-state index in [1.165, 1.54) is 24.8 Å². The molecule has 18 heavy (non-hydrogen) atoms. The van der Waals surface area contributed by atoms with Gasteiger partial charge in [-0.3, -0.25) is 0 Å². The Hall–Kier alpha value is -0.570. The number of rotatable bonds is 4. The predicted octanol–water partition coefficient (Wildman–Crippen LogP) is 3.00. The van der Waals surface area contributed by atoms with E-state index in [1.54, 1.807) is 0 Å². The molecule has 3 heteroatoms. The molecule has 3 rings (SSSR count). The molecule has 1 aromatic rings. The van der Waals surface area contributed by atoms with E-state index in [4.69, 9.17) is 16.3 Å². The fourth-order valence-corrected chi connectivity index (χ4v) is 3.99. The van der Waals surface area contributed by atoms with Crippen LogP contribution in [0.5, 0.6) is 0 Å². The van der Waals surface area contributed by atoms with Crippen LogP contribution in [0.15, 0.2) is 24.3 Å². The Labute approximate surface area is 114 Å². The molecule has 1 heterocycles. The summed E-state index contributed by atoms with van der Waals surface area (Å²) in [6.45, 7) is 2.69. The van der Waals surface area contributed by atoms with E-state index < -0.39 is 0 Å². The Morgan fingerprint density at radius 2 is 2.00 bits per heavy atom. The Kier molecular flexibility index (Phi) is 3.13. The average molecular weight is 266 g/mol. The molecule has 0 amide bonds. The Balaban J connectivity index is 2.02. The maximum atomic E-state index is 6.43. The first kappa shape index (κ1) is 12.5. The topological polar surface area (TPSA) is 21.3 Å². The van der Waals surface area contributed by atoms with Crippen molar-refractivity contribution in [2.45, 2.75) is 24.7 Å². The van der Waals surface area contributed by atoms with Crippen LogP contribution in [0, 0.1) is 5.41 Å². The van der Waals surface area contributed by atoms with Gasteiger partial charge in [0.2, 0.25) is 0 Å². The van der Waals surface area contributed by atoms with Gasteiger partial charge in [-0.05, 0) is 36.9 Å². The fraction of sp³-hybridized carbons (Fsp3) is 0.600. The number of ether oxygens (including phenoxy) is 1. The van der Waals surface area contributed by atoms with Crippen LogP contribution in [-0.2, 0) is 10.2 Å². The Morgan fingerprint density at radius 1 is 1.28 bits per heavy atom. The fourth-order valence-electron chi connectivity index (χ4n) is 3.67. The molecule has 1 saturated carbocycles. The van der Waals surface area contributed by atoms with Crippen molar-refractivity contribution in [3.8, 4) is 0 Å². The van der Waals surface area contributed by atoms with Crippen LogP contribution >= 0.6 is 11.6 Å². The van der Waals surface area contributed by atoms with E-state index in [-0.39, 0.29) is 5.41 Å². The van der Waals surface area contributed by atoms with Gasteiger partial charge in [-0.2, -0.15) is 0 Å². The minimum Gasteiger partial charge on any atom is -0.379 e. The van der Waals surface area contributed by atoms with Crippen LogP contribution in [0.1, 0.15) is 24.8 Å². The van der Waals surface area contributed by atoms with Gasteiger partial charge in [-0.25, -0.2) is 0 Å². The van der Waals surface area contributed by atoms with E-state index in [1.807, 2.05) is 19.2 Å². The van der Waals surface area contributed by atoms with E-state index in [0.717, 1.165) is 24.8 Å². The van der Waals surface area contributed by atoms with Crippen LogP contribution in [0.3, 0.4) is 0 Å². The molecule has 0 atom stereocenters. The van der Waals surface area contributed by atoms with E-state index >= 15 is 0 Å². The SMILES string of the molecule is CNCC1(C2(c3ccccc3Cl)COC2)CCC1. The van der Waals surface area contributed by atoms with Crippen molar-refractivity contribution >= 4 is 11.6 Å². The molecule has 0 unspecified atom stereocenters. The molecule has 98 valence electrons. The normalized spacial score (nSPS) is 24.1. The molecule has 0 aromatic heterocycles. The van der Waals surface area contributed by atoms with E-state index in [2.05, 4.69) is 17.4 Å². The van der Waals surface area contributed by atoms with Crippen molar-refractivity contribution in [1.29, 1.82) is 0 Å². The summed E-state index contributed by atoms with van der Waals surface area (Å²) in [5.41, 5.74) is 1.75. The zero-order valence-electron chi connectivity index (χ0n) is 10.8. The van der Waals surface area contributed by atoms with Gasteiger partial charge in [0.25, 0.3) is 0 Å². The second kappa shape index (κ2) is 4.52. The molecule has 1 aliphatic heterocycles. The summed E-state index contributed by atoms with van der Waals surface area (Å²) in [6, 6.07) is 8.28. The smallest absolute Gasteiger partial charge is 0.0592 e. The van der Waals surface area contributed by atoms with Crippen LogP contribution in [0.4, 0.5) is 0 Å². The van der Waals surface area contributed by atoms with Crippen molar-refractivity contribution in [1.82, 2.24) is 5.32 Å². The monoisotopic (exact) mass is 265 g/mol. The van der Waals surface area contributed by atoms with Crippen molar-refractivity contribution < 1.29 is 4.74 Å². The first-order valence-corrected chi connectivity index (χ1v) is 7.09. The molecule has 2 fully saturated rings. The Bertz CT molecular complexity index is 438. The largest absolute Gasteiger partial charge is 0.379 e. The van der Waals surface area contributed by atoms with Gasteiger partial charge in [0.1, 0.15) is 0 Å². The summed E-state index contributed by atoms with van der Waals surface area (Å²) < 4.78 is 5.59. The number of benzene rings is 1. The van der Waals surface area contributed by atoms with Gasteiger partial charge in [0, 0.05) is 11.6 Å². The number of hydrogen-bond acceptors (Lipinski definition) is 2. The third kappa shape index (κ3) is 1.56. The van der Waals surface area contributed by atoms with Crippen molar-refractivity contribution in [3.63, 3.8) is 0 Å². The zero-order valence-corrected chi connectivity index (χ0v) is 11.6. The van der Waals surface area contributed by atoms with Crippen molar-refractivity contribution in [2.24, 2.45) is 5.41 Å². The number of hydrogen-bond donors (Lipinski definition) is 1. The molecule has 0 spiro atoms. The first-order chi connectivity index (χ1) is 8.74. The number of nitrogens with one attached hydrogen (secondary N) is 1. The highest BCUT2D eigenvalue weighted by molar-refractivity contribution is 6.31. The highest BCUT2D eigenvalue weighted by Crippen LogP contribution is 2.59. The second-order valence-electron chi connectivity index (χ2n) is 5.72. The third-order valence-corrected chi connectivity index (χ3v) is 5.26. The average Bonchev–Trinajstić information content (AvgIpc) is 2.26. The minimum absolute atomic E-state index is 0.132. The van der Waals surface area contributed by atoms with Crippen molar-refractivity contribution in [3.05, 3.63) is 34.9 Å². The van der Waals surface area contributed by atoms with Crippen LogP contribution in [-0.4, -0.2) is 26.8 Å². The quantitative estimate of drug-likeness (QED) is 0.904. The van der Waals surface area contributed by atoms with Gasteiger partial charge in [-0.1, -0.05) is 36.2 Å². The lowest BCUT2D eigenvalue weighted by atomic mass is 9.49. The van der Waals surface area contributed by atoms with Crippen LogP contribution in [0.2, 0.25) is 5.02 Å². The molecule has 2 aliphatic rings. The molecular formula is C15H20ClNO. The summed E-state index contributed by atoms with van der Waals surface area (Å²) in [4.78, 5) is 0. The van der Waals surface area contributed by atoms with E-state index in [0.29, 0.717) is 5.41 Å². The molecule has 1 N–H and O–H groups in total. The lowest BCUT2D eigenvalue weighted by molar-refractivity contribution is -0.156. The second-order valence-corrected chi connectivity index (χ2v) is 6.13. The molecule has 1 aromatic carbocycles. The maximum absolute atomic E-state index is 6.43. The standard InChI is InChI=1S/C15H20ClNO/c1-17-9-14(7-4-8-14)15(10-18-11-15)12-5-2-3-6-13(12)16/h2-3,5-6,17H,4,7-11H2,1H3. The van der Waals surface area contributed by atoms with Gasteiger partial charge < -0.3 is 10.1 Å². The lowest BCUT2D eigenvalue weighted by Crippen LogP contribution is -2.64. The van der Waals surface area contributed by atoms with Crippen LogP contribution in [0.25, 0.3) is 0 Å². The van der Waals surface area contributed by atoms with Gasteiger partial charge in [0.15, 0.2) is 0 Å². The lowest BCUT2D eigenvalue weighted by Gasteiger charge is -2.60. The molecule has 0 radical (unpaired) electrons.